The van der Waals surface area contributed by atoms with Crippen molar-refractivity contribution in [1.82, 2.24) is 5.32 Å². The highest BCUT2D eigenvalue weighted by molar-refractivity contribution is 5.97. The minimum absolute atomic E-state index is 0.0298. The smallest absolute Gasteiger partial charge is 0.269 e. The predicted molar refractivity (Wildman–Crippen MR) is 96.4 cm³/mol. The number of aryl methyl sites for hydroxylation is 1. The van der Waals surface area contributed by atoms with Crippen molar-refractivity contribution in [2.24, 2.45) is 0 Å². The van der Waals surface area contributed by atoms with Crippen molar-refractivity contribution in [3.05, 3.63) is 69.8 Å². The highest BCUT2D eigenvalue weighted by Gasteiger charge is 2.09. The van der Waals surface area contributed by atoms with Gasteiger partial charge in [0.15, 0.2) is 12.4 Å². The monoisotopic (exact) mass is 356 g/mol. The highest BCUT2D eigenvalue weighted by atomic mass is 16.6. The van der Waals surface area contributed by atoms with Gasteiger partial charge in [-0.2, -0.15) is 0 Å². The summed E-state index contributed by atoms with van der Waals surface area (Å²) < 4.78 is 5.38. The topological polar surface area (TPSA) is 98.5 Å². The Bertz CT molecular complexity index is 770. The molecule has 0 fully saturated rings. The summed E-state index contributed by atoms with van der Waals surface area (Å²) in [5.74, 6) is 0.186. The third-order valence-corrected chi connectivity index (χ3v) is 3.71. The molecular weight excluding hydrogens is 336 g/mol. The fourth-order valence-corrected chi connectivity index (χ4v) is 2.31. The maximum atomic E-state index is 12.2. The Hall–Kier alpha value is -3.22. The van der Waals surface area contributed by atoms with E-state index in [0.717, 1.165) is 18.4 Å². The first-order valence-electron chi connectivity index (χ1n) is 8.19. The number of hydrogen-bond acceptors (Lipinski definition) is 5. The lowest BCUT2D eigenvalue weighted by Gasteiger charge is -2.07. The van der Waals surface area contributed by atoms with Crippen molar-refractivity contribution in [2.45, 2.75) is 19.8 Å². The molecule has 0 aliphatic heterocycles. The molecule has 136 valence electrons. The van der Waals surface area contributed by atoms with Crippen LogP contribution >= 0.6 is 0 Å². The summed E-state index contributed by atoms with van der Waals surface area (Å²) in [5.41, 5.74) is 1.60. The molecule has 2 rings (SSSR count). The zero-order chi connectivity index (χ0) is 18.9. The van der Waals surface area contributed by atoms with E-state index in [1.807, 2.05) is 12.1 Å². The van der Waals surface area contributed by atoms with E-state index in [1.54, 1.807) is 12.1 Å². The zero-order valence-electron chi connectivity index (χ0n) is 14.4. The van der Waals surface area contributed by atoms with Crippen LogP contribution in [0.15, 0.2) is 48.5 Å². The molecule has 0 radical (unpaired) electrons. The van der Waals surface area contributed by atoms with Gasteiger partial charge in [-0.25, -0.2) is 0 Å². The Morgan fingerprint density at radius 1 is 1.08 bits per heavy atom. The van der Waals surface area contributed by atoms with Crippen LogP contribution in [0.3, 0.4) is 0 Å². The van der Waals surface area contributed by atoms with Crippen molar-refractivity contribution in [1.29, 1.82) is 0 Å². The Morgan fingerprint density at radius 3 is 2.31 bits per heavy atom. The molecule has 0 aliphatic carbocycles. The van der Waals surface area contributed by atoms with Crippen LogP contribution in [0.4, 0.5) is 5.69 Å². The first kappa shape index (κ1) is 19.1. The van der Waals surface area contributed by atoms with Crippen LogP contribution in [0.1, 0.15) is 29.3 Å². The van der Waals surface area contributed by atoms with Crippen molar-refractivity contribution < 1.29 is 19.2 Å². The van der Waals surface area contributed by atoms with Crippen molar-refractivity contribution in [2.75, 3.05) is 13.2 Å². The van der Waals surface area contributed by atoms with Gasteiger partial charge in [0, 0.05) is 31.2 Å². The van der Waals surface area contributed by atoms with Crippen molar-refractivity contribution in [3.63, 3.8) is 0 Å². The molecular formula is C19H20N2O5. The second-order valence-electron chi connectivity index (χ2n) is 5.75. The van der Waals surface area contributed by atoms with Crippen LogP contribution < -0.4 is 10.1 Å². The van der Waals surface area contributed by atoms with Gasteiger partial charge in [-0.15, -0.1) is 0 Å². The average Bonchev–Trinajstić information content (AvgIpc) is 2.64. The molecule has 0 spiro atoms. The predicted octanol–water partition coefficient (Wildman–Crippen LogP) is 2.93. The summed E-state index contributed by atoms with van der Waals surface area (Å²) in [6.45, 7) is 1.97. The molecule has 0 heterocycles. The van der Waals surface area contributed by atoms with Crippen molar-refractivity contribution in [3.8, 4) is 5.75 Å². The van der Waals surface area contributed by atoms with Crippen LogP contribution in [0.5, 0.6) is 5.75 Å². The number of benzene rings is 2. The van der Waals surface area contributed by atoms with Gasteiger partial charge in [-0.1, -0.05) is 24.3 Å². The molecule has 0 saturated carbocycles. The third-order valence-electron chi connectivity index (χ3n) is 3.71. The summed E-state index contributed by atoms with van der Waals surface area (Å²) in [5, 5.41) is 13.3. The second-order valence-corrected chi connectivity index (χ2v) is 5.75. The number of ether oxygens (including phenoxy) is 1. The molecule has 1 amide bonds. The summed E-state index contributed by atoms with van der Waals surface area (Å²) in [6, 6.07) is 12.8. The molecule has 0 unspecified atom stereocenters. The molecule has 0 bridgehead atoms. The lowest BCUT2D eigenvalue weighted by Crippen LogP contribution is -2.21. The number of nitrogens with zero attached hydrogens (tertiary/aromatic N) is 1. The van der Waals surface area contributed by atoms with E-state index in [4.69, 9.17) is 4.74 Å². The molecule has 26 heavy (non-hydrogen) atoms. The number of nitrogens with one attached hydrogen (secondary N) is 1. The van der Waals surface area contributed by atoms with Gasteiger partial charge in [0.1, 0.15) is 5.75 Å². The Morgan fingerprint density at radius 2 is 1.73 bits per heavy atom. The first-order valence-corrected chi connectivity index (χ1v) is 8.19. The van der Waals surface area contributed by atoms with E-state index in [9.17, 15) is 19.7 Å². The zero-order valence-corrected chi connectivity index (χ0v) is 14.4. The summed E-state index contributed by atoms with van der Waals surface area (Å²) >= 11 is 0. The van der Waals surface area contributed by atoms with Crippen molar-refractivity contribution >= 4 is 17.4 Å². The molecule has 2 aromatic rings. The van der Waals surface area contributed by atoms with Crippen LogP contribution in [-0.4, -0.2) is 29.8 Å². The Balaban J connectivity index is 1.81. The summed E-state index contributed by atoms with van der Waals surface area (Å²) in [4.78, 5) is 33.1. The van der Waals surface area contributed by atoms with E-state index < -0.39 is 4.92 Å². The van der Waals surface area contributed by atoms with E-state index in [-0.39, 0.29) is 24.0 Å². The van der Waals surface area contributed by atoms with Gasteiger partial charge < -0.3 is 10.1 Å². The maximum Gasteiger partial charge on any atom is 0.269 e. The van der Waals surface area contributed by atoms with E-state index >= 15 is 0 Å². The van der Waals surface area contributed by atoms with Gasteiger partial charge in [-0.3, -0.25) is 19.7 Å². The molecule has 2 aromatic carbocycles. The molecule has 0 aliphatic rings. The molecule has 1 N–H and O–H groups in total. The van der Waals surface area contributed by atoms with Gasteiger partial charge >= 0.3 is 0 Å². The summed E-state index contributed by atoms with van der Waals surface area (Å²) in [7, 11) is 0. The standard InChI is InChI=1S/C19H20N2O5/c1-14(22)20-12-2-3-15-4-6-16(7-5-15)19(23)13-26-18-10-8-17(9-11-18)21(24)25/h4-11H,2-3,12-13H2,1H3,(H,20,22). The quantitative estimate of drug-likeness (QED) is 0.322. The van der Waals surface area contributed by atoms with E-state index in [0.29, 0.717) is 17.9 Å². The Labute approximate surface area is 151 Å². The van der Waals surface area contributed by atoms with Crippen LogP contribution in [0.2, 0.25) is 0 Å². The minimum Gasteiger partial charge on any atom is -0.485 e. The molecule has 0 aromatic heterocycles. The fraction of sp³-hybridized carbons (Fsp3) is 0.263. The lowest BCUT2D eigenvalue weighted by atomic mass is 10.1. The maximum absolute atomic E-state index is 12.2. The second kappa shape index (κ2) is 9.31. The number of non-ortho nitro benzene ring substituents is 1. The molecule has 0 atom stereocenters. The number of carbonyl (C=O) groups is 2. The number of ketones is 1. The van der Waals surface area contributed by atoms with Crippen LogP contribution in [-0.2, 0) is 11.2 Å². The first-order chi connectivity index (χ1) is 12.5. The van der Waals surface area contributed by atoms with Crippen LogP contribution in [0, 0.1) is 10.1 Å². The largest absolute Gasteiger partial charge is 0.485 e. The molecule has 7 heteroatoms. The number of rotatable bonds is 9. The summed E-state index contributed by atoms with van der Waals surface area (Å²) in [6.07, 6.45) is 1.64. The molecule has 0 saturated heterocycles. The van der Waals surface area contributed by atoms with E-state index in [1.165, 1.54) is 31.2 Å². The SMILES string of the molecule is CC(=O)NCCCc1ccc(C(=O)COc2ccc([N+](=O)[O-])cc2)cc1. The number of Topliss-reactive ketones (excluding diaryl/α,β-unsaturated/α-hetero) is 1. The molecule has 7 nitrogen and oxygen atoms in total. The third kappa shape index (κ3) is 6.01. The Kier molecular flexibility index (Phi) is 6.84. The van der Waals surface area contributed by atoms with Gasteiger partial charge in [0.05, 0.1) is 4.92 Å². The number of nitro benzene ring substituents is 1. The average molecular weight is 356 g/mol. The van der Waals surface area contributed by atoms with Gasteiger partial charge in [-0.05, 0) is 30.5 Å². The van der Waals surface area contributed by atoms with E-state index in [2.05, 4.69) is 5.32 Å². The van der Waals surface area contributed by atoms with Gasteiger partial charge in [0.2, 0.25) is 5.91 Å². The highest BCUT2D eigenvalue weighted by Crippen LogP contribution is 2.17. The van der Waals surface area contributed by atoms with Crippen LogP contribution in [0.25, 0.3) is 0 Å². The number of hydrogen-bond donors (Lipinski definition) is 1. The van der Waals surface area contributed by atoms with Gasteiger partial charge in [0.25, 0.3) is 5.69 Å². The normalized spacial score (nSPS) is 10.2. The number of amides is 1. The fourth-order valence-electron chi connectivity index (χ4n) is 2.31. The number of carbonyl (C=O) groups excluding carboxylic acids is 2. The lowest BCUT2D eigenvalue weighted by molar-refractivity contribution is -0.384. The minimum atomic E-state index is -0.493. The number of nitro groups is 1.